The first-order valence-electron chi connectivity index (χ1n) is 11.8. The van der Waals surface area contributed by atoms with Crippen molar-refractivity contribution >= 4 is 18.3 Å². The molecule has 34 heavy (non-hydrogen) atoms. The van der Waals surface area contributed by atoms with Gasteiger partial charge < -0.3 is 24.0 Å². The van der Waals surface area contributed by atoms with E-state index in [0.717, 1.165) is 62.7 Å². The van der Waals surface area contributed by atoms with Gasteiger partial charge in [0.05, 0.1) is 21.3 Å². The number of amides is 1. The molecule has 0 N–H and O–H groups in total. The third-order valence-corrected chi connectivity index (χ3v) is 7.16. The molecule has 2 aromatic rings. The second-order valence-corrected chi connectivity index (χ2v) is 9.29. The highest BCUT2D eigenvalue weighted by molar-refractivity contribution is 5.85. The summed E-state index contributed by atoms with van der Waals surface area (Å²) in [4.78, 5) is 17.3. The van der Waals surface area contributed by atoms with Crippen molar-refractivity contribution in [2.45, 2.75) is 38.5 Å². The molecule has 0 bridgehead atoms. The van der Waals surface area contributed by atoms with Crippen molar-refractivity contribution in [3.05, 3.63) is 52.1 Å². The number of fused-ring (bicyclic) bond motifs is 2. The molecule has 2 aliphatic rings. The number of methoxy groups -OCH3 is 3. The molecule has 1 amide bonds. The number of carbonyl (C=O) groups excluding carboxylic acids is 1. The maximum atomic E-state index is 13.0. The van der Waals surface area contributed by atoms with E-state index in [1.165, 1.54) is 27.8 Å². The molecule has 1 aliphatic carbocycles. The summed E-state index contributed by atoms with van der Waals surface area (Å²) in [7, 11) is 7.17. The van der Waals surface area contributed by atoms with Gasteiger partial charge in [-0.3, -0.25) is 4.79 Å². The van der Waals surface area contributed by atoms with Gasteiger partial charge in [0.1, 0.15) is 5.75 Å². The van der Waals surface area contributed by atoms with Crippen LogP contribution in [0.3, 0.4) is 0 Å². The highest BCUT2D eigenvalue weighted by Crippen LogP contribution is 2.39. The van der Waals surface area contributed by atoms with E-state index >= 15 is 0 Å². The molecule has 7 heteroatoms. The van der Waals surface area contributed by atoms with Crippen molar-refractivity contribution in [3.63, 3.8) is 0 Å². The number of aryl methyl sites for hydroxylation is 1. The zero-order valence-electron chi connectivity index (χ0n) is 21.0. The third kappa shape index (κ3) is 5.44. The molecule has 4 rings (SSSR count). The number of likely N-dealkylation sites (N-methyl/N-ethyl adjacent to an activating group) is 1. The topological polar surface area (TPSA) is 51.2 Å². The minimum absolute atomic E-state index is 0. The molecule has 0 radical (unpaired) electrons. The summed E-state index contributed by atoms with van der Waals surface area (Å²) in [6, 6.07) is 8.55. The number of rotatable bonds is 8. The number of halogens is 1. The van der Waals surface area contributed by atoms with Crippen LogP contribution < -0.4 is 14.2 Å². The molecule has 186 valence electrons. The maximum absolute atomic E-state index is 13.0. The summed E-state index contributed by atoms with van der Waals surface area (Å²) in [6.45, 7) is 5.34. The Hall–Kier alpha value is -2.44. The molecule has 2 aromatic carbocycles. The van der Waals surface area contributed by atoms with E-state index in [-0.39, 0.29) is 18.3 Å². The van der Waals surface area contributed by atoms with Gasteiger partial charge in [0, 0.05) is 38.5 Å². The number of carbonyl (C=O) groups is 1. The monoisotopic (exact) mass is 488 g/mol. The first-order valence-corrected chi connectivity index (χ1v) is 11.8. The lowest BCUT2D eigenvalue weighted by atomic mass is 9.76. The Balaban J connectivity index is 0.00000324. The molecular formula is C27H37ClN2O4. The van der Waals surface area contributed by atoms with Crippen molar-refractivity contribution < 1.29 is 19.0 Å². The fraction of sp³-hybridized carbons (Fsp3) is 0.519. The van der Waals surface area contributed by atoms with E-state index in [9.17, 15) is 4.79 Å². The average Bonchev–Trinajstić information content (AvgIpc) is 3.02. The molecular weight excluding hydrogens is 452 g/mol. The number of hydrogen-bond donors (Lipinski definition) is 0. The predicted octanol–water partition coefficient (Wildman–Crippen LogP) is 4.03. The van der Waals surface area contributed by atoms with Gasteiger partial charge in [-0.25, -0.2) is 0 Å². The van der Waals surface area contributed by atoms with Crippen LogP contribution in [-0.4, -0.2) is 70.3 Å². The Morgan fingerprint density at radius 1 is 0.941 bits per heavy atom. The summed E-state index contributed by atoms with van der Waals surface area (Å²) >= 11 is 0. The molecule has 1 atom stereocenters. The van der Waals surface area contributed by atoms with Crippen LogP contribution >= 0.6 is 12.4 Å². The summed E-state index contributed by atoms with van der Waals surface area (Å²) in [5, 5.41) is 0. The van der Waals surface area contributed by atoms with Gasteiger partial charge >= 0.3 is 0 Å². The van der Waals surface area contributed by atoms with E-state index in [1.54, 1.807) is 21.3 Å². The van der Waals surface area contributed by atoms with Gasteiger partial charge in [-0.2, -0.15) is 0 Å². The Kier molecular flexibility index (Phi) is 8.72. The highest BCUT2D eigenvalue weighted by Gasteiger charge is 2.29. The molecule has 1 heterocycles. The summed E-state index contributed by atoms with van der Waals surface area (Å²) in [5.41, 5.74) is 6.51. The van der Waals surface area contributed by atoms with Crippen LogP contribution in [-0.2, 0) is 24.1 Å². The Bertz CT molecular complexity index is 991. The second kappa shape index (κ2) is 11.3. The third-order valence-electron chi connectivity index (χ3n) is 7.16. The highest BCUT2D eigenvalue weighted by atomic mass is 35.5. The van der Waals surface area contributed by atoms with Crippen LogP contribution in [0.1, 0.15) is 40.2 Å². The van der Waals surface area contributed by atoms with Gasteiger partial charge in [-0.1, -0.05) is 6.07 Å². The summed E-state index contributed by atoms with van der Waals surface area (Å²) in [6.07, 6.45) is 3.35. The standard InChI is InChI=1S/C27H36N2O4.ClH/c1-18-12-21-13-22(23(21)16-24(18)31-3)17-28(2)9-8-27(30)29-10-6-19-14-25(32-4)26(33-5)15-20(19)7-11-29;/h12,14-16,22H,6-11,13,17H2,1-5H3;1H. The van der Waals surface area contributed by atoms with Crippen LogP contribution in [0.25, 0.3) is 0 Å². The van der Waals surface area contributed by atoms with Crippen LogP contribution in [0, 0.1) is 6.92 Å². The second-order valence-electron chi connectivity index (χ2n) is 9.29. The smallest absolute Gasteiger partial charge is 0.223 e. The normalized spacial score (nSPS) is 16.5. The average molecular weight is 489 g/mol. The zero-order valence-corrected chi connectivity index (χ0v) is 21.8. The maximum Gasteiger partial charge on any atom is 0.223 e. The molecule has 1 aliphatic heterocycles. The van der Waals surface area contributed by atoms with Gasteiger partial charge in [0.25, 0.3) is 0 Å². The summed E-state index contributed by atoms with van der Waals surface area (Å²) < 4.78 is 16.4. The predicted molar refractivity (Wildman–Crippen MR) is 137 cm³/mol. The van der Waals surface area contributed by atoms with Crippen LogP contribution in [0.15, 0.2) is 24.3 Å². The van der Waals surface area contributed by atoms with E-state index < -0.39 is 0 Å². The largest absolute Gasteiger partial charge is 0.496 e. The minimum atomic E-state index is 0. The Morgan fingerprint density at radius 3 is 2.09 bits per heavy atom. The number of nitrogens with zero attached hydrogens (tertiary/aromatic N) is 2. The fourth-order valence-electron chi connectivity index (χ4n) is 5.16. The van der Waals surface area contributed by atoms with E-state index in [0.29, 0.717) is 12.3 Å². The number of ether oxygens (including phenoxy) is 3. The fourth-order valence-corrected chi connectivity index (χ4v) is 5.16. The van der Waals surface area contributed by atoms with Gasteiger partial charge in [-0.15, -0.1) is 12.4 Å². The first kappa shape index (κ1) is 26.2. The Morgan fingerprint density at radius 2 is 1.53 bits per heavy atom. The van der Waals surface area contributed by atoms with E-state index in [2.05, 4.69) is 43.1 Å². The van der Waals surface area contributed by atoms with Crippen molar-refractivity contribution in [2.24, 2.45) is 0 Å². The summed E-state index contributed by atoms with van der Waals surface area (Å²) in [5.74, 6) is 3.23. The Labute approximate surface area is 209 Å². The van der Waals surface area contributed by atoms with Crippen molar-refractivity contribution in [1.29, 1.82) is 0 Å². The molecule has 0 saturated carbocycles. The van der Waals surface area contributed by atoms with Crippen molar-refractivity contribution in [1.82, 2.24) is 9.80 Å². The van der Waals surface area contributed by atoms with Gasteiger partial charge in [-0.05, 0) is 79.3 Å². The van der Waals surface area contributed by atoms with Gasteiger partial charge in [0.2, 0.25) is 5.91 Å². The van der Waals surface area contributed by atoms with E-state index in [1.807, 2.05) is 4.90 Å². The van der Waals surface area contributed by atoms with Crippen molar-refractivity contribution in [3.8, 4) is 17.2 Å². The lowest BCUT2D eigenvalue weighted by Gasteiger charge is -2.34. The van der Waals surface area contributed by atoms with Gasteiger partial charge in [0.15, 0.2) is 11.5 Å². The molecule has 0 saturated heterocycles. The molecule has 6 nitrogen and oxygen atoms in total. The van der Waals surface area contributed by atoms with Crippen LogP contribution in [0.5, 0.6) is 17.2 Å². The SMILES string of the molecule is COc1cc2c(cc1C)CC2CN(C)CCC(=O)N1CCc2cc(OC)c(OC)cc2CC1.Cl. The lowest BCUT2D eigenvalue weighted by Crippen LogP contribution is -2.37. The first-order chi connectivity index (χ1) is 15.9. The van der Waals surface area contributed by atoms with E-state index in [4.69, 9.17) is 14.2 Å². The zero-order chi connectivity index (χ0) is 23.5. The molecule has 0 spiro atoms. The van der Waals surface area contributed by atoms with Crippen LogP contribution in [0.4, 0.5) is 0 Å². The number of hydrogen-bond acceptors (Lipinski definition) is 5. The van der Waals surface area contributed by atoms with Crippen molar-refractivity contribution in [2.75, 3.05) is 54.6 Å². The molecule has 1 unspecified atom stereocenters. The number of benzene rings is 2. The molecule has 0 aromatic heterocycles. The van der Waals surface area contributed by atoms with Crippen LogP contribution in [0.2, 0.25) is 0 Å². The molecule has 0 fully saturated rings. The lowest BCUT2D eigenvalue weighted by molar-refractivity contribution is -0.131. The quantitative estimate of drug-likeness (QED) is 0.561. The minimum Gasteiger partial charge on any atom is -0.496 e.